The molecule has 2 amide bonds. The summed E-state index contributed by atoms with van der Waals surface area (Å²) < 4.78 is 0. The largest absolute Gasteiger partial charge is 0.352 e. The molecule has 0 fully saturated rings. The van der Waals surface area contributed by atoms with E-state index < -0.39 is 6.04 Å². The van der Waals surface area contributed by atoms with Crippen LogP contribution in [0.15, 0.2) is 78.9 Å². The smallest absolute Gasteiger partial charge is 0.243 e. The van der Waals surface area contributed by atoms with Gasteiger partial charge in [-0.3, -0.25) is 9.59 Å². The van der Waals surface area contributed by atoms with Crippen LogP contribution in [-0.2, 0) is 28.3 Å². The Morgan fingerprint density at radius 1 is 0.972 bits per heavy atom. The first-order valence-corrected chi connectivity index (χ1v) is 13.9. The van der Waals surface area contributed by atoms with E-state index in [0.29, 0.717) is 18.0 Å². The monoisotopic (exact) mass is 522 g/mol. The molecule has 6 heteroatoms. The molecule has 3 rings (SSSR count). The highest BCUT2D eigenvalue weighted by atomic mass is 35.5. The van der Waals surface area contributed by atoms with Crippen LogP contribution in [-0.4, -0.2) is 34.6 Å². The molecule has 0 bridgehead atoms. The summed E-state index contributed by atoms with van der Waals surface area (Å²) in [5, 5.41) is 3.71. The molecule has 0 spiro atoms. The van der Waals surface area contributed by atoms with Crippen molar-refractivity contribution in [3.63, 3.8) is 0 Å². The van der Waals surface area contributed by atoms with Crippen LogP contribution in [0.25, 0.3) is 0 Å². The molecule has 0 aliphatic heterocycles. The maximum Gasteiger partial charge on any atom is 0.243 e. The summed E-state index contributed by atoms with van der Waals surface area (Å²) in [5.41, 5.74) is 4.34. The number of thioether (sulfide) groups is 1. The van der Waals surface area contributed by atoms with E-state index in [1.54, 1.807) is 16.7 Å². The SMILES string of the molecule is CCC(C)NC(=O)C(Cc1ccccc1)N(Cc1cccc(Cl)c1)C(=O)CSCc1ccccc1C. The lowest BCUT2D eigenvalue weighted by Crippen LogP contribution is -2.52. The number of nitrogens with one attached hydrogen (secondary N) is 1. The molecular formula is C30H35ClN2O2S. The summed E-state index contributed by atoms with van der Waals surface area (Å²) >= 11 is 7.82. The molecule has 1 N–H and O–H groups in total. The normalized spacial score (nSPS) is 12.6. The topological polar surface area (TPSA) is 49.4 Å². The fourth-order valence-corrected chi connectivity index (χ4v) is 5.13. The third-order valence-electron chi connectivity index (χ3n) is 6.26. The number of aryl methyl sites for hydroxylation is 1. The highest BCUT2D eigenvalue weighted by molar-refractivity contribution is 7.99. The second kappa shape index (κ2) is 14.1. The third kappa shape index (κ3) is 8.42. The van der Waals surface area contributed by atoms with E-state index in [2.05, 4.69) is 24.4 Å². The molecule has 3 aromatic carbocycles. The number of benzene rings is 3. The second-order valence-electron chi connectivity index (χ2n) is 9.09. The van der Waals surface area contributed by atoms with Crippen LogP contribution in [0, 0.1) is 6.92 Å². The van der Waals surface area contributed by atoms with Gasteiger partial charge < -0.3 is 10.2 Å². The molecule has 4 nitrogen and oxygen atoms in total. The van der Waals surface area contributed by atoms with Gasteiger partial charge in [-0.15, -0.1) is 11.8 Å². The Balaban J connectivity index is 1.86. The first kappa shape index (κ1) is 27.8. The molecule has 3 aromatic rings. The minimum atomic E-state index is -0.632. The molecule has 0 radical (unpaired) electrons. The molecular weight excluding hydrogens is 488 g/mol. The Bertz CT molecular complexity index is 1140. The average molecular weight is 523 g/mol. The Morgan fingerprint density at radius 3 is 2.36 bits per heavy atom. The van der Waals surface area contributed by atoms with Gasteiger partial charge in [-0.2, -0.15) is 0 Å². The zero-order valence-corrected chi connectivity index (χ0v) is 22.8. The van der Waals surface area contributed by atoms with Gasteiger partial charge in [-0.05, 0) is 54.7 Å². The highest BCUT2D eigenvalue weighted by Crippen LogP contribution is 2.21. The number of halogens is 1. The van der Waals surface area contributed by atoms with Crippen molar-refractivity contribution in [1.82, 2.24) is 10.2 Å². The van der Waals surface area contributed by atoms with Crippen LogP contribution in [0.1, 0.15) is 42.5 Å². The van der Waals surface area contributed by atoms with Crippen molar-refractivity contribution in [1.29, 1.82) is 0 Å². The Hall–Kier alpha value is -2.76. The Kier molecular flexibility index (Phi) is 10.9. The number of rotatable bonds is 12. The van der Waals surface area contributed by atoms with Crippen molar-refractivity contribution < 1.29 is 9.59 Å². The molecule has 190 valence electrons. The van der Waals surface area contributed by atoms with E-state index in [-0.39, 0.29) is 23.6 Å². The van der Waals surface area contributed by atoms with E-state index in [0.717, 1.165) is 23.3 Å². The zero-order valence-electron chi connectivity index (χ0n) is 21.2. The van der Waals surface area contributed by atoms with E-state index in [1.165, 1.54) is 11.1 Å². The summed E-state index contributed by atoms with van der Waals surface area (Å²) in [6.07, 6.45) is 1.26. The van der Waals surface area contributed by atoms with E-state index in [1.807, 2.05) is 80.6 Å². The van der Waals surface area contributed by atoms with Crippen molar-refractivity contribution >= 4 is 35.2 Å². The fourth-order valence-electron chi connectivity index (χ4n) is 3.93. The summed E-state index contributed by atoms with van der Waals surface area (Å²) in [5.74, 6) is 0.837. The maximum absolute atomic E-state index is 13.7. The van der Waals surface area contributed by atoms with Crippen LogP contribution in [0.3, 0.4) is 0 Å². The third-order valence-corrected chi connectivity index (χ3v) is 7.46. The van der Waals surface area contributed by atoms with E-state index in [9.17, 15) is 9.59 Å². The van der Waals surface area contributed by atoms with Gasteiger partial charge in [0, 0.05) is 29.8 Å². The molecule has 0 saturated carbocycles. The molecule has 2 atom stereocenters. The van der Waals surface area contributed by atoms with Gasteiger partial charge in [0.1, 0.15) is 6.04 Å². The van der Waals surface area contributed by atoms with Gasteiger partial charge in [0.25, 0.3) is 0 Å². The van der Waals surface area contributed by atoms with Crippen molar-refractivity contribution in [2.24, 2.45) is 0 Å². The number of hydrogen-bond acceptors (Lipinski definition) is 3. The molecule has 0 aliphatic rings. The van der Waals surface area contributed by atoms with Gasteiger partial charge in [0.2, 0.25) is 11.8 Å². The van der Waals surface area contributed by atoms with Crippen molar-refractivity contribution in [3.05, 3.63) is 106 Å². The quantitative estimate of drug-likeness (QED) is 0.298. The highest BCUT2D eigenvalue weighted by Gasteiger charge is 2.31. The van der Waals surface area contributed by atoms with Gasteiger partial charge in [0.15, 0.2) is 0 Å². The van der Waals surface area contributed by atoms with Gasteiger partial charge in [0.05, 0.1) is 5.75 Å². The standard InChI is InChI=1S/C30H35ClN2O2S/c1-4-23(3)32-30(35)28(18-24-12-6-5-7-13-24)33(19-25-14-10-16-27(31)17-25)29(34)21-36-20-26-15-9-8-11-22(26)2/h5-17,23,28H,4,18-21H2,1-3H3,(H,32,35). The van der Waals surface area contributed by atoms with E-state index >= 15 is 0 Å². The number of carbonyl (C=O) groups is 2. The summed E-state index contributed by atoms with van der Waals surface area (Å²) in [6, 6.07) is 25.0. The average Bonchev–Trinajstić information content (AvgIpc) is 2.87. The lowest BCUT2D eigenvalue weighted by atomic mass is 10.0. The van der Waals surface area contributed by atoms with Crippen LogP contribution in [0.2, 0.25) is 5.02 Å². The zero-order chi connectivity index (χ0) is 25.9. The molecule has 0 saturated heterocycles. The predicted octanol–water partition coefficient (Wildman–Crippen LogP) is 6.44. The molecule has 36 heavy (non-hydrogen) atoms. The van der Waals surface area contributed by atoms with Crippen molar-refractivity contribution in [2.75, 3.05) is 5.75 Å². The van der Waals surface area contributed by atoms with Crippen LogP contribution >= 0.6 is 23.4 Å². The number of amides is 2. The van der Waals surface area contributed by atoms with Gasteiger partial charge >= 0.3 is 0 Å². The minimum Gasteiger partial charge on any atom is -0.352 e. The summed E-state index contributed by atoms with van der Waals surface area (Å²) in [6.45, 7) is 6.42. The maximum atomic E-state index is 13.7. The van der Waals surface area contributed by atoms with Crippen LogP contribution in [0.4, 0.5) is 0 Å². The number of hydrogen-bond donors (Lipinski definition) is 1. The van der Waals surface area contributed by atoms with Crippen LogP contribution in [0.5, 0.6) is 0 Å². The molecule has 2 unspecified atom stereocenters. The number of nitrogens with zero attached hydrogens (tertiary/aromatic N) is 1. The molecule has 0 heterocycles. The lowest BCUT2D eigenvalue weighted by Gasteiger charge is -2.32. The fraction of sp³-hybridized carbons (Fsp3) is 0.333. The summed E-state index contributed by atoms with van der Waals surface area (Å²) in [7, 11) is 0. The lowest BCUT2D eigenvalue weighted by molar-refractivity contribution is -0.139. The first-order chi connectivity index (χ1) is 17.4. The van der Waals surface area contributed by atoms with E-state index in [4.69, 9.17) is 11.6 Å². The first-order valence-electron chi connectivity index (χ1n) is 12.4. The van der Waals surface area contributed by atoms with Crippen LogP contribution < -0.4 is 5.32 Å². The Labute approximate surface area is 224 Å². The minimum absolute atomic E-state index is 0.0225. The van der Waals surface area contributed by atoms with Gasteiger partial charge in [-0.1, -0.05) is 85.3 Å². The Morgan fingerprint density at radius 2 is 1.67 bits per heavy atom. The second-order valence-corrected chi connectivity index (χ2v) is 10.5. The molecule has 0 aliphatic carbocycles. The number of carbonyl (C=O) groups excluding carboxylic acids is 2. The van der Waals surface area contributed by atoms with Crippen molar-refractivity contribution in [2.45, 2.75) is 58.0 Å². The molecule has 0 aromatic heterocycles. The summed E-state index contributed by atoms with van der Waals surface area (Å²) in [4.78, 5) is 28.9. The van der Waals surface area contributed by atoms with Gasteiger partial charge in [-0.25, -0.2) is 0 Å². The predicted molar refractivity (Wildman–Crippen MR) is 151 cm³/mol. The van der Waals surface area contributed by atoms with Crippen molar-refractivity contribution in [3.8, 4) is 0 Å².